The van der Waals surface area contributed by atoms with Gasteiger partial charge in [0.1, 0.15) is 17.2 Å². The molecule has 2 aromatic heterocycles. The van der Waals surface area contributed by atoms with Gasteiger partial charge in [-0.1, -0.05) is 0 Å². The Morgan fingerprint density at radius 2 is 2.14 bits per heavy atom. The van der Waals surface area contributed by atoms with E-state index in [2.05, 4.69) is 36.1 Å². The molecule has 2 heterocycles. The van der Waals surface area contributed by atoms with E-state index in [9.17, 15) is 5.11 Å². The van der Waals surface area contributed by atoms with Gasteiger partial charge in [-0.25, -0.2) is 4.98 Å². The number of hydrogen-bond acceptors (Lipinski definition) is 5. The number of benzene rings is 1. The van der Waals surface area contributed by atoms with Crippen LogP contribution in [0.1, 0.15) is 0 Å². The summed E-state index contributed by atoms with van der Waals surface area (Å²) in [6.07, 6.45) is 1.67. The molecule has 21 heavy (non-hydrogen) atoms. The van der Waals surface area contributed by atoms with Crippen molar-refractivity contribution in [2.24, 2.45) is 0 Å². The Morgan fingerprint density at radius 3 is 2.86 bits per heavy atom. The van der Waals surface area contributed by atoms with Gasteiger partial charge in [0.2, 0.25) is 5.82 Å². The first-order valence-electron chi connectivity index (χ1n) is 6.09. The number of phenols is 1. The zero-order chi connectivity index (χ0) is 14.8. The molecule has 0 aliphatic carbocycles. The highest BCUT2D eigenvalue weighted by atomic mass is 79.9. The third-order valence-electron chi connectivity index (χ3n) is 2.92. The molecule has 3 rings (SSSR count). The van der Waals surface area contributed by atoms with E-state index >= 15 is 0 Å². The maximum absolute atomic E-state index is 10.0. The quantitative estimate of drug-likeness (QED) is 0.761. The van der Waals surface area contributed by atoms with Gasteiger partial charge in [0.05, 0.1) is 12.7 Å². The van der Waals surface area contributed by atoms with Crippen LogP contribution in [0.3, 0.4) is 0 Å². The molecule has 0 spiro atoms. The topological polar surface area (TPSA) is 83.9 Å². The zero-order valence-corrected chi connectivity index (χ0v) is 12.6. The monoisotopic (exact) mass is 346 g/mol. The SMILES string of the molecule is COc1ccc(-c2nc(-c3ncccc3Br)n[nH]2)c(O)c1. The number of phenolic OH excluding ortho intramolecular Hbond substituents is 1. The van der Waals surface area contributed by atoms with Crippen molar-refractivity contribution >= 4 is 15.9 Å². The zero-order valence-electron chi connectivity index (χ0n) is 11.0. The molecular weight excluding hydrogens is 336 g/mol. The van der Waals surface area contributed by atoms with E-state index in [1.54, 1.807) is 25.4 Å². The van der Waals surface area contributed by atoms with Crippen molar-refractivity contribution in [2.45, 2.75) is 0 Å². The lowest BCUT2D eigenvalue weighted by Crippen LogP contribution is -1.87. The lowest BCUT2D eigenvalue weighted by Gasteiger charge is -2.03. The van der Waals surface area contributed by atoms with Crippen molar-refractivity contribution in [3.63, 3.8) is 0 Å². The van der Waals surface area contributed by atoms with Crippen LogP contribution in [-0.4, -0.2) is 32.4 Å². The summed E-state index contributed by atoms with van der Waals surface area (Å²) in [5.41, 5.74) is 1.18. The minimum atomic E-state index is 0.0668. The molecule has 6 nitrogen and oxygen atoms in total. The van der Waals surface area contributed by atoms with Crippen LogP contribution in [-0.2, 0) is 0 Å². The summed E-state index contributed by atoms with van der Waals surface area (Å²) in [5.74, 6) is 1.55. The van der Waals surface area contributed by atoms with Gasteiger partial charge in [0.15, 0.2) is 5.82 Å². The highest BCUT2D eigenvalue weighted by Crippen LogP contribution is 2.31. The predicted octanol–water partition coefficient (Wildman–Crippen LogP) is 3.01. The summed E-state index contributed by atoms with van der Waals surface area (Å²) in [6.45, 7) is 0. The molecule has 2 N–H and O–H groups in total. The third kappa shape index (κ3) is 2.59. The second kappa shape index (κ2) is 5.53. The molecule has 0 atom stereocenters. The summed E-state index contributed by atoms with van der Waals surface area (Å²) < 4.78 is 5.85. The fourth-order valence-electron chi connectivity index (χ4n) is 1.88. The third-order valence-corrected chi connectivity index (χ3v) is 3.56. The second-order valence-corrected chi connectivity index (χ2v) is 5.08. The molecule has 7 heteroatoms. The van der Waals surface area contributed by atoms with Crippen LogP contribution in [0.5, 0.6) is 11.5 Å². The largest absolute Gasteiger partial charge is 0.507 e. The molecule has 0 amide bonds. The first-order valence-corrected chi connectivity index (χ1v) is 6.89. The van der Waals surface area contributed by atoms with Gasteiger partial charge in [0.25, 0.3) is 0 Å². The van der Waals surface area contributed by atoms with Crippen LogP contribution in [0, 0.1) is 0 Å². The molecule has 0 aliphatic heterocycles. The van der Waals surface area contributed by atoms with Crippen LogP contribution < -0.4 is 4.74 Å². The van der Waals surface area contributed by atoms with Crippen molar-refractivity contribution in [1.29, 1.82) is 0 Å². The molecule has 1 aromatic carbocycles. The Balaban J connectivity index is 2.01. The molecule has 0 radical (unpaired) electrons. The number of nitrogens with zero attached hydrogens (tertiary/aromatic N) is 3. The van der Waals surface area contributed by atoms with E-state index in [0.717, 1.165) is 4.47 Å². The van der Waals surface area contributed by atoms with Crippen LogP contribution in [0.15, 0.2) is 41.0 Å². The molecule has 0 aliphatic rings. The molecule has 0 saturated heterocycles. The number of aromatic hydroxyl groups is 1. The van der Waals surface area contributed by atoms with Crippen LogP contribution >= 0.6 is 15.9 Å². The standard InChI is InChI=1S/C14H11BrN4O2/c1-21-8-4-5-9(11(20)7-8)13-17-14(19-18-13)12-10(15)3-2-6-16-12/h2-7,20H,1H3,(H,17,18,19). The van der Waals surface area contributed by atoms with E-state index in [0.29, 0.717) is 28.7 Å². The summed E-state index contributed by atoms with van der Waals surface area (Å²) >= 11 is 3.41. The predicted molar refractivity (Wildman–Crippen MR) is 81.0 cm³/mol. The number of methoxy groups -OCH3 is 1. The average Bonchev–Trinajstić information content (AvgIpc) is 2.97. The summed E-state index contributed by atoms with van der Waals surface area (Å²) in [5, 5.41) is 17.0. The number of aromatic nitrogens is 4. The van der Waals surface area contributed by atoms with Crippen molar-refractivity contribution in [3.05, 3.63) is 41.0 Å². The highest BCUT2D eigenvalue weighted by Gasteiger charge is 2.14. The maximum Gasteiger partial charge on any atom is 0.201 e. The van der Waals surface area contributed by atoms with Gasteiger partial charge in [0, 0.05) is 16.7 Å². The van der Waals surface area contributed by atoms with Crippen LogP contribution in [0.25, 0.3) is 22.9 Å². The Labute approximate surface area is 129 Å². The number of pyridine rings is 1. The molecular formula is C14H11BrN4O2. The molecule has 3 aromatic rings. The summed E-state index contributed by atoms with van der Waals surface area (Å²) in [7, 11) is 1.54. The van der Waals surface area contributed by atoms with E-state index in [4.69, 9.17) is 4.74 Å². The number of hydrogen-bond donors (Lipinski definition) is 2. The number of halogens is 1. The Morgan fingerprint density at radius 1 is 1.29 bits per heavy atom. The summed E-state index contributed by atoms with van der Waals surface area (Å²) in [4.78, 5) is 8.60. The fourth-order valence-corrected chi connectivity index (χ4v) is 2.31. The fraction of sp³-hybridized carbons (Fsp3) is 0.0714. The Hall–Kier alpha value is -2.41. The first-order chi connectivity index (χ1) is 10.2. The van der Waals surface area contributed by atoms with Crippen molar-refractivity contribution < 1.29 is 9.84 Å². The number of ether oxygens (including phenoxy) is 1. The molecule has 0 fully saturated rings. The van der Waals surface area contributed by atoms with Crippen molar-refractivity contribution in [3.8, 4) is 34.4 Å². The average molecular weight is 347 g/mol. The molecule has 0 saturated carbocycles. The van der Waals surface area contributed by atoms with Gasteiger partial charge in [-0.3, -0.25) is 10.1 Å². The smallest absolute Gasteiger partial charge is 0.201 e. The molecule has 0 unspecified atom stereocenters. The summed E-state index contributed by atoms with van der Waals surface area (Å²) in [6, 6.07) is 8.66. The van der Waals surface area contributed by atoms with E-state index in [1.807, 2.05) is 12.1 Å². The Kier molecular flexibility index (Phi) is 3.57. The number of nitrogens with one attached hydrogen (secondary N) is 1. The molecule has 0 bridgehead atoms. The molecule has 106 valence electrons. The number of rotatable bonds is 3. The van der Waals surface area contributed by atoms with Crippen LogP contribution in [0.2, 0.25) is 0 Å². The minimum absolute atomic E-state index is 0.0668. The minimum Gasteiger partial charge on any atom is -0.507 e. The number of aromatic amines is 1. The maximum atomic E-state index is 10.0. The normalized spacial score (nSPS) is 10.6. The van der Waals surface area contributed by atoms with Gasteiger partial charge >= 0.3 is 0 Å². The van der Waals surface area contributed by atoms with Gasteiger partial charge in [-0.05, 0) is 40.2 Å². The van der Waals surface area contributed by atoms with E-state index < -0.39 is 0 Å². The van der Waals surface area contributed by atoms with Gasteiger partial charge in [-0.15, -0.1) is 0 Å². The van der Waals surface area contributed by atoms with E-state index in [-0.39, 0.29) is 5.75 Å². The van der Waals surface area contributed by atoms with Gasteiger partial charge in [-0.2, -0.15) is 5.10 Å². The Bertz CT molecular complexity index is 788. The van der Waals surface area contributed by atoms with Gasteiger partial charge < -0.3 is 9.84 Å². The lowest BCUT2D eigenvalue weighted by atomic mass is 10.2. The highest BCUT2D eigenvalue weighted by molar-refractivity contribution is 9.10. The first kappa shape index (κ1) is 13.6. The van der Waals surface area contributed by atoms with Crippen molar-refractivity contribution in [2.75, 3.05) is 7.11 Å². The number of H-pyrrole nitrogens is 1. The van der Waals surface area contributed by atoms with E-state index in [1.165, 1.54) is 6.07 Å². The second-order valence-electron chi connectivity index (χ2n) is 4.22. The lowest BCUT2D eigenvalue weighted by molar-refractivity contribution is 0.408. The van der Waals surface area contributed by atoms with Crippen molar-refractivity contribution in [1.82, 2.24) is 20.2 Å². The van der Waals surface area contributed by atoms with Crippen LogP contribution in [0.4, 0.5) is 0 Å².